The maximum absolute atomic E-state index is 6.29. The quantitative estimate of drug-likeness (QED) is 0.746. The van der Waals surface area contributed by atoms with E-state index in [4.69, 9.17) is 4.74 Å². The van der Waals surface area contributed by atoms with E-state index < -0.39 is 0 Å². The second-order valence-electron chi connectivity index (χ2n) is 5.97. The van der Waals surface area contributed by atoms with Crippen LogP contribution in [0, 0.1) is 0 Å². The fourth-order valence-corrected chi connectivity index (χ4v) is 3.18. The lowest BCUT2D eigenvalue weighted by molar-refractivity contribution is 0.172. The van der Waals surface area contributed by atoms with Gasteiger partial charge in [-0.2, -0.15) is 0 Å². The number of hydrogen-bond acceptors (Lipinski definition) is 4. The number of hydrogen-bond donors (Lipinski definition) is 0. The van der Waals surface area contributed by atoms with Crippen molar-refractivity contribution in [3.05, 3.63) is 48.9 Å². The Kier molecular flexibility index (Phi) is 3.61. The highest BCUT2D eigenvalue weighted by Crippen LogP contribution is 2.29. The second-order valence-corrected chi connectivity index (χ2v) is 5.97. The SMILES string of the molecule is Cn1ccc2c(OC3CCN(c4ncccn4)CC3)cccc21. The van der Waals surface area contributed by atoms with Crippen LogP contribution in [0.15, 0.2) is 48.9 Å². The molecule has 1 aromatic carbocycles. The molecule has 1 saturated heterocycles. The number of anilines is 1. The van der Waals surface area contributed by atoms with Gasteiger partial charge < -0.3 is 14.2 Å². The van der Waals surface area contributed by atoms with Gasteiger partial charge in [0.05, 0.1) is 5.52 Å². The maximum Gasteiger partial charge on any atom is 0.225 e. The summed E-state index contributed by atoms with van der Waals surface area (Å²) in [5, 5.41) is 1.18. The van der Waals surface area contributed by atoms with E-state index in [-0.39, 0.29) is 6.10 Å². The summed E-state index contributed by atoms with van der Waals surface area (Å²) in [6.07, 6.45) is 7.89. The third-order valence-electron chi connectivity index (χ3n) is 4.46. The van der Waals surface area contributed by atoms with Crippen LogP contribution in [0.2, 0.25) is 0 Å². The molecule has 0 saturated carbocycles. The van der Waals surface area contributed by atoms with Gasteiger partial charge in [-0.1, -0.05) is 6.07 Å². The summed E-state index contributed by atoms with van der Waals surface area (Å²) in [5.74, 6) is 1.80. The first kappa shape index (κ1) is 14.1. The van der Waals surface area contributed by atoms with Crippen LogP contribution in [0.1, 0.15) is 12.8 Å². The standard InChI is InChI=1S/C18H20N4O/c1-21-11-8-15-16(21)4-2-5-17(15)23-14-6-12-22(13-7-14)18-19-9-3-10-20-18/h2-5,8-11,14H,6-7,12-13H2,1H3. The van der Waals surface area contributed by atoms with Crippen LogP contribution in [-0.4, -0.2) is 33.7 Å². The summed E-state index contributed by atoms with van der Waals surface area (Å²) >= 11 is 0. The minimum absolute atomic E-state index is 0.251. The number of piperidine rings is 1. The molecule has 3 aromatic rings. The molecule has 0 atom stereocenters. The highest BCUT2D eigenvalue weighted by Gasteiger charge is 2.22. The van der Waals surface area contributed by atoms with E-state index in [9.17, 15) is 0 Å². The Morgan fingerprint density at radius 1 is 1.04 bits per heavy atom. The van der Waals surface area contributed by atoms with Gasteiger partial charge in [0, 0.05) is 57.0 Å². The Morgan fingerprint density at radius 2 is 1.83 bits per heavy atom. The zero-order valence-electron chi connectivity index (χ0n) is 13.2. The van der Waals surface area contributed by atoms with E-state index in [2.05, 4.69) is 56.9 Å². The molecule has 5 heteroatoms. The van der Waals surface area contributed by atoms with Crippen molar-refractivity contribution in [2.24, 2.45) is 7.05 Å². The molecule has 2 aromatic heterocycles. The van der Waals surface area contributed by atoms with E-state index in [0.717, 1.165) is 37.6 Å². The lowest BCUT2D eigenvalue weighted by atomic mass is 10.1. The Balaban J connectivity index is 1.45. The van der Waals surface area contributed by atoms with Crippen molar-refractivity contribution in [1.82, 2.24) is 14.5 Å². The molecule has 0 spiro atoms. The van der Waals surface area contributed by atoms with Crippen LogP contribution in [0.4, 0.5) is 5.95 Å². The Bertz CT molecular complexity index is 791. The minimum atomic E-state index is 0.251. The predicted molar refractivity (Wildman–Crippen MR) is 90.8 cm³/mol. The molecule has 118 valence electrons. The van der Waals surface area contributed by atoms with Crippen molar-refractivity contribution in [2.45, 2.75) is 18.9 Å². The van der Waals surface area contributed by atoms with Crippen molar-refractivity contribution < 1.29 is 4.74 Å². The molecule has 5 nitrogen and oxygen atoms in total. The van der Waals surface area contributed by atoms with Crippen molar-refractivity contribution in [3.8, 4) is 5.75 Å². The highest BCUT2D eigenvalue weighted by atomic mass is 16.5. The molecule has 0 aliphatic carbocycles. The van der Waals surface area contributed by atoms with E-state index in [0.29, 0.717) is 0 Å². The molecule has 0 N–H and O–H groups in total. The molecular weight excluding hydrogens is 288 g/mol. The van der Waals surface area contributed by atoms with E-state index in [1.165, 1.54) is 10.9 Å². The summed E-state index contributed by atoms with van der Waals surface area (Å²) in [5.41, 5.74) is 1.21. The van der Waals surface area contributed by atoms with Gasteiger partial charge in [0.1, 0.15) is 11.9 Å². The smallest absolute Gasteiger partial charge is 0.225 e. The maximum atomic E-state index is 6.29. The number of aromatic nitrogens is 3. The van der Waals surface area contributed by atoms with Crippen LogP contribution in [0.5, 0.6) is 5.75 Å². The molecule has 1 fully saturated rings. The van der Waals surface area contributed by atoms with Gasteiger partial charge in [-0.15, -0.1) is 0 Å². The summed E-state index contributed by atoms with van der Waals surface area (Å²) in [6, 6.07) is 10.2. The lowest BCUT2D eigenvalue weighted by Crippen LogP contribution is -2.39. The van der Waals surface area contributed by atoms with E-state index in [1.807, 2.05) is 6.07 Å². The fraction of sp³-hybridized carbons (Fsp3) is 0.333. The topological polar surface area (TPSA) is 43.2 Å². The normalized spacial score (nSPS) is 16.0. The molecule has 3 heterocycles. The van der Waals surface area contributed by atoms with Crippen LogP contribution >= 0.6 is 0 Å². The number of rotatable bonds is 3. The fourth-order valence-electron chi connectivity index (χ4n) is 3.18. The van der Waals surface area contributed by atoms with Gasteiger partial charge in [-0.05, 0) is 24.3 Å². The van der Waals surface area contributed by atoms with E-state index in [1.54, 1.807) is 12.4 Å². The van der Waals surface area contributed by atoms with Crippen LogP contribution in [0.3, 0.4) is 0 Å². The first-order valence-electron chi connectivity index (χ1n) is 8.04. The molecule has 1 aliphatic heterocycles. The van der Waals surface area contributed by atoms with Gasteiger partial charge >= 0.3 is 0 Å². The number of fused-ring (bicyclic) bond motifs is 1. The van der Waals surface area contributed by atoms with Crippen LogP contribution in [0.25, 0.3) is 10.9 Å². The van der Waals surface area contributed by atoms with Crippen molar-refractivity contribution >= 4 is 16.9 Å². The predicted octanol–water partition coefficient (Wildman–Crippen LogP) is 3.02. The average molecular weight is 308 g/mol. The van der Waals surface area contributed by atoms with Crippen molar-refractivity contribution in [3.63, 3.8) is 0 Å². The number of ether oxygens (including phenoxy) is 1. The zero-order chi connectivity index (χ0) is 15.6. The first-order valence-corrected chi connectivity index (χ1v) is 8.04. The van der Waals surface area contributed by atoms with Crippen molar-refractivity contribution in [1.29, 1.82) is 0 Å². The third-order valence-corrected chi connectivity index (χ3v) is 4.46. The molecule has 1 aliphatic rings. The first-order chi connectivity index (χ1) is 11.3. The number of nitrogens with zero attached hydrogens (tertiary/aromatic N) is 4. The lowest BCUT2D eigenvalue weighted by Gasteiger charge is -2.32. The van der Waals surface area contributed by atoms with Gasteiger partial charge in [-0.25, -0.2) is 9.97 Å². The van der Waals surface area contributed by atoms with Gasteiger partial charge in [-0.3, -0.25) is 0 Å². The molecule has 23 heavy (non-hydrogen) atoms. The summed E-state index contributed by atoms with van der Waals surface area (Å²) in [7, 11) is 2.06. The molecular formula is C18H20N4O. The van der Waals surface area contributed by atoms with Gasteiger partial charge in [0.25, 0.3) is 0 Å². The van der Waals surface area contributed by atoms with Crippen molar-refractivity contribution in [2.75, 3.05) is 18.0 Å². The molecule has 0 amide bonds. The Labute approximate surface area is 135 Å². The summed E-state index contributed by atoms with van der Waals surface area (Å²) < 4.78 is 8.41. The number of aryl methyl sites for hydroxylation is 1. The Hall–Kier alpha value is -2.56. The van der Waals surface area contributed by atoms with Gasteiger partial charge in [0.15, 0.2) is 0 Å². The third kappa shape index (κ3) is 2.74. The molecule has 4 rings (SSSR count). The van der Waals surface area contributed by atoms with Crippen LogP contribution < -0.4 is 9.64 Å². The molecule has 0 unspecified atom stereocenters. The number of benzene rings is 1. The Morgan fingerprint density at radius 3 is 2.61 bits per heavy atom. The van der Waals surface area contributed by atoms with Gasteiger partial charge in [0.2, 0.25) is 5.95 Å². The monoisotopic (exact) mass is 308 g/mol. The molecule has 0 radical (unpaired) electrons. The summed E-state index contributed by atoms with van der Waals surface area (Å²) in [4.78, 5) is 10.9. The van der Waals surface area contributed by atoms with Crippen LogP contribution in [-0.2, 0) is 7.05 Å². The largest absolute Gasteiger partial charge is 0.490 e. The zero-order valence-corrected chi connectivity index (χ0v) is 13.2. The molecule has 0 bridgehead atoms. The van der Waals surface area contributed by atoms with E-state index >= 15 is 0 Å². The summed E-state index contributed by atoms with van der Waals surface area (Å²) in [6.45, 7) is 1.86. The average Bonchev–Trinajstić information content (AvgIpc) is 2.99. The highest BCUT2D eigenvalue weighted by molar-refractivity contribution is 5.86. The minimum Gasteiger partial charge on any atom is -0.490 e. The second kappa shape index (κ2) is 5.91.